The molecule has 2 N–H and O–H groups in total. The van der Waals surface area contributed by atoms with E-state index in [9.17, 15) is 4.79 Å². The summed E-state index contributed by atoms with van der Waals surface area (Å²) in [6.45, 7) is 3.52. The van der Waals surface area contributed by atoms with Crippen molar-refractivity contribution >= 4 is 33.3 Å². The standard InChI is InChI=1S/C17H19BrN4O2/c1-11-4-5-12(7-14(11)18)22-17(23)15-9-21-16(10-19-15)20-8-13-3-2-6-24-13/h4-5,7,9-10,13H,2-3,6,8H2,1H3,(H,20,21)(H,22,23). The lowest BCUT2D eigenvalue weighted by Gasteiger charge is -2.11. The van der Waals surface area contributed by atoms with E-state index in [2.05, 4.69) is 36.5 Å². The lowest BCUT2D eigenvalue weighted by molar-refractivity contribution is 0.102. The third-order valence-electron chi connectivity index (χ3n) is 3.85. The molecule has 1 aromatic heterocycles. The van der Waals surface area contributed by atoms with Crippen molar-refractivity contribution < 1.29 is 9.53 Å². The van der Waals surface area contributed by atoms with Crippen LogP contribution >= 0.6 is 15.9 Å². The fraction of sp³-hybridized carbons (Fsp3) is 0.353. The van der Waals surface area contributed by atoms with Crippen LogP contribution in [-0.2, 0) is 4.74 Å². The summed E-state index contributed by atoms with van der Waals surface area (Å²) >= 11 is 3.45. The van der Waals surface area contributed by atoms with Crippen LogP contribution in [0.4, 0.5) is 11.5 Å². The van der Waals surface area contributed by atoms with Gasteiger partial charge in [0.05, 0.1) is 18.5 Å². The molecule has 0 bridgehead atoms. The Balaban J connectivity index is 1.57. The maximum absolute atomic E-state index is 12.2. The smallest absolute Gasteiger partial charge is 0.275 e. The van der Waals surface area contributed by atoms with E-state index in [0.29, 0.717) is 18.1 Å². The van der Waals surface area contributed by atoms with Crippen LogP contribution in [0.1, 0.15) is 28.9 Å². The zero-order chi connectivity index (χ0) is 16.9. The second-order valence-corrected chi connectivity index (χ2v) is 6.58. The van der Waals surface area contributed by atoms with Crippen LogP contribution in [0, 0.1) is 6.92 Å². The average molecular weight is 391 g/mol. The van der Waals surface area contributed by atoms with Crippen LogP contribution in [-0.4, -0.2) is 35.1 Å². The molecule has 1 saturated heterocycles. The van der Waals surface area contributed by atoms with Crippen LogP contribution < -0.4 is 10.6 Å². The maximum Gasteiger partial charge on any atom is 0.275 e. The highest BCUT2D eigenvalue weighted by atomic mass is 79.9. The minimum Gasteiger partial charge on any atom is -0.376 e. The number of anilines is 2. The number of carbonyl (C=O) groups is 1. The van der Waals surface area contributed by atoms with Crippen LogP contribution in [0.25, 0.3) is 0 Å². The van der Waals surface area contributed by atoms with Gasteiger partial charge in [0.1, 0.15) is 11.5 Å². The van der Waals surface area contributed by atoms with Gasteiger partial charge >= 0.3 is 0 Å². The van der Waals surface area contributed by atoms with Crippen molar-refractivity contribution in [2.24, 2.45) is 0 Å². The quantitative estimate of drug-likeness (QED) is 0.817. The van der Waals surface area contributed by atoms with Crippen LogP contribution in [0.3, 0.4) is 0 Å². The van der Waals surface area contributed by atoms with E-state index in [4.69, 9.17) is 4.74 Å². The van der Waals surface area contributed by atoms with Crippen molar-refractivity contribution in [2.45, 2.75) is 25.9 Å². The molecular weight excluding hydrogens is 372 g/mol. The van der Waals surface area contributed by atoms with Gasteiger partial charge in [-0.3, -0.25) is 4.79 Å². The van der Waals surface area contributed by atoms with Crippen molar-refractivity contribution in [1.29, 1.82) is 0 Å². The Labute approximate surface area is 149 Å². The number of carbonyl (C=O) groups excluding carboxylic acids is 1. The Hall–Kier alpha value is -1.99. The fourth-order valence-electron chi connectivity index (χ4n) is 2.43. The molecule has 0 saturated carbocycles. The first-order valence-electron chi connectivity index (χ1n) is 7.87. The van der Waals surface area contributed by atoms with Gasteiger partial charge in [-0.15, -0.1) is 0 Å². The lowest BCUT2D eigenvalue weighted by atomic mass is 10.2. The molecule has 7 heteroatoms. The zero-order valence-electron chi connectivity index (χ0n) is 13.4. The fourth-order valence-corrected chi connectivity index (χ4v) is 2.80. The van der Waals surface area contributed by atoms with E-state index in [1.165, 1.54) is 6.20 Å². The number of nitrogens with one attached hydrogen (secondary N) is 2. The van der Waals surface area contributed by atoms with Crippen LogP contribution in [0.15, 0.2) is 35.1 Å². The van der Waals surface area contributed by atoms with E-state index in [-0.39, 0.29) is 17.7 Å². The molecule has 2 aromatic rings. The van der Waals surface area contributed by atoms with E-state index < -0.39 is 0 Å². The van der Waals surface area contributed by atoms with Gasteiger partial charge in [-0.1, -0.05) is 22.0 Å². The number of aryl methyl sites for hydroxylation is 1. The molecule has 0 radical (unpaired) electrons. The summed E-state index contributed by atoms with van der Waals surface area (Å²) in [5.74, 6) is 0.351. The number of aromatic nitrogens is 2. The molecule has 3 rings (SSSR count). The van der Waals surface area contributed by atoms with Gasteiger partial charge in [-0.2, -0.15) is 0 Å². The number of rotatable bonds is 5. The first-order chi connectivity index (χ1) is 11.6. The molecular formula is C17H19BrN4O2. The Morgan fingerprint density at radius 2 is 2.25 bits per heavy atom. The summed E-state index contributed by atoms with van der Waals surface area (Å²) in [6.07, 6.45) is 5.43. The van der Waals surface area contributed by atoms with Gasteiger partial charge in [-0.05, 0) is 37.5 Å². The summed E-state index contributed by atoms with van der Waals surface area (Å²) in [5.41, 5.74) is 2.09. The van der Waals surface area contributed by atoms with Crippen molar-refractivity contribution in [3.8, 4) is 0 Å². The summed E-state index contributed by atoms with van der Waals surface area (Å²) in [7, 11) is 0. The van der Waals surface area contributed by atoms with Crippen LogP contribution in [0.2, 0.25) is 0 Å². The Bertz CT molecular complexity index is 715. The summed E-state index contributed by atoms with van der Waals surface area (Å²) in [6, 6.07) is 5.64. The molecule has 2 heterocycles. The van der Waals surface area contributed by atoms with Gasteiger partial charge in [0, 0.05) is 23.3 Å². The van der Waals surface area contributed by atoms with Gasteiger partial charge in [0.15, 0.2) is 0 Å². The lowest BCUT2D eigenvalue weighted by Crippen LogP contribution is -2.19. The van der Waals surface area contributed by atoms with Crippen molar-refractivity contribution in [3.63, 3.8) is 0 Å². The molecule has 1 atom stereocenters. The van der Waals surface area contributed by atoms with E-state index in [0.717, 1.165) is 29.5 Å². The van der Waals surface area contributed by atoms with Crippen molar-refractivity contribution in [2.75, 3.05) is 23.8 Å². The van der Waals surface area contributed by atoms with E-state index in [1.54, 1.807) is 6.20 Å². The number of hydrogen-bond acceptors (Lipinski definition) is 5. The SMILES string of the molecule is Cc1ccc(NC(=O)c2cnc(NCC3CCCO3)cn2)cc1Br. The van der Waals surface area contributed by atoms with Gasteiger partial charge in [-0.25, -0.2) is 9.97 Å². The minimum atomic E-state index is -0.288. The highest BCUT2D eigenvalue weighted by Crippen LogP contribution is 2.21. The van der Waals surface area contributed by atoms with Gasteiger partial charge in [0.2, 0.25) is 0 Å². The van der Waals surface area contributed by atoms with Gasteiger partial charge < -0.3 is 15.4 Å². The number of amides is 1. The first kappa shape index (κ1) is 16.9. The molecule has 1 amide bonds. The van der Waals surface area contributed by atoms with E-state index in [1.807, 2.05) is 25.1 Å². The number of nitrogens with zero attached hydrogens (tertiary/aromatic N) is 2. The largest absolute Gasteiger partial charge is 0.376 e. The number of hydrogen-bond donors (Lipinski definition) is 2. The molecule has 1 aliphatic rings. The van der Waals surface area contributed by atoms with Gasteiger partial charge in [0.25, 0.3) is 5.91 Å². The molecule has 24 heavy (non-hydrogen) atoms. The molecule has 1 unspecified atom stereocenters. The molecule has 1 aliphatic heterocycles. The second-order valence-electron chi connectivity index (χ2n) is 5.72. The number of ether oxygens (including phenoxy) is 1. The predicted molar refractivity (Wildman–Crippen MR) is 96.3 cm³/mol. The third kappa shape index (κ3) is 4.30. The predicted octanol–water partition coefficient (Wildman–Crippen LogP) is 3.39. The molecule has 1 fully saturated rings. The highest BCUT2D eigenvalue weighted by molar-refractivity contribution is 9.10. The van der Waals surface area contributed by atoms with E-state index >= 15 is 0 Å². The third-order valence-corrected chi connectivity index (χ3v) is 4.70. The normalized spacial score (nSPS) is 16.8. The van der Waals surface area contributed by atoms with Crippen LogP contribution in [0.5, 0.6) is 0 Å². The summed E-state index contributed by atoms with van der Waals surface area (Å²) in [5, 5.41) is 5.99. The Morgan fingerprint density at radius 1 is 1.38 bits per heavy atom. The van der Waals surface area contributed by atoms with Crippen molar-refractivity contribution in [1.82, 2.24) is 9.97 Å². The Morgan fingerprint density at radius 3 is 2.92 bits per heavy atom. The summed E-state index contributed by atoms with van der Waals surface area (Å²) in [4.78, 5) is 20.6. The number of benzene rings is 1. The molecule has 0 aliphatic carbocycles. The highest BCUT2D eigenvalue weighted by Gasteiger charge is 2.15. The molecule has 126 valence electrons. The Kier molecular flexibility index (Phi) is 5.42. The topological polar surface area (TPSA) is 76.1 Å². The zero-order valence-corrected chi connectivity index (χ0v) is 15.0. The minimum absolute atomic E-state index is 0.231. The monoisotopic (exact) mass is 390 g/mol. The molecule has 0 spiro atoms. The first-order valence-corrected chi connectivity index (χ1v) is 8.66. The van der Waals surface area contributed by atoms with Crippen molar-refractivity contribution in [3.05, 3.63) is 46.3 Å². The molecule has 1 aromatic carbocycles. The molecule has 6 nitrogen and oxygen atoms in total. The average Bonchev–Trinajstić information content (AvgIpc) is 3.10. The number of halogens is 1. The summed E-state index contributed by atoms with van der Waals surface area (Å²) < 4.78 is 6.49. The second kappa shape index (κ2) is 7.72. The maximum atomic E-state index is 12.2.